The summed E-state index contributed by atoms with van der Waals surface area (Å²) in [6.45, 7) is 1.35. The Labute approximate surface area is 171 Å². The molecule has 150 valence electrons. The van der Waals surface area contributed by atoms with Gasteiger partial charge < -0.3 is 4.90 Å². The zero-order valence-corrected chi connectivity index (χ0v) is 16.9. The first-order valence-electron chi connectivity index (χ1n) is 9.04. The van der Waals surface area contributed by atoms with Crippen molar-refractivity contribution in [2.75, 3.05) is 17.2 Å². The summed E-state index contributed by atoms with van der Waals surface area (Å²) >= 11 is 0.972. The van der Waals surface area contributed by atoms with Gasteiger partial charge in [-0.3, -0.25) is 9.36 Å². The molecule has 0 bridgehead atoms. The van der Waals surface area contributed by atoms with Crippen LogP contribution in [0.3, 0.4) is 0 Å². The zero-order chi connectivity index (χ0) is 21.0. The smallest absolute Gasteiger partial charge is 0.311 e. The van der Waals surface area contributed by atoms with Crippen molar-refractivity contribution in [1.82, 2.24) is 9.55 Å². The van der Waals surface area contributed by atoms with E-state index in [1.165, 1.54) is 4.90 Å². The van der Waals surface area contributed by atoms with Crippen LogP contribution in [-0.2, 0) is 4.79 Å². The number of anilines is 1. The number of carbonyl (C=O) groups excluding carboxylic acids is 1. The number of halogens is 2. The van der Waals surface area contributed by atoms with Crippen LogP contribution in [0.4, 0.5) is 14.5 Å². The Morgan fingerprint density at radius 1 is 1.24 bits per heavy atom. The Kier molecular flexibility index (Phi) is 6.49. The van der Waals surface area contributed by atoms with Crippen molar-refractivity contribution in [2.45, 2.75) is 32.0 Å². The maximum absolute atomic E-state index is 13.6. The van der Waals surface area contributed by atoms with Crippen molar-refractivity contribution in [3.63, 3.8) is 0 Å². The van der Waals surface area contributed by atoms with Crippen molar-refractivity contribution in [2.24, 2.45) is 0 Å². The fourth-order valence-corrected chi connectivity index (χ4v) is 4.07. The number of para-hydroxylation sites is 2. The van der Waals surface area contributed by atoms with E-state index in [9.17, 15) is 13.6 Å². The molecule has 2 aromatic carbocycles. The van der Waals surface area contributed by atoms with Gasteiger partial charge in [0.2, 0.25) is 5.91 Å². The minimum Gasteiger partial charge on any atom is -0.311 e. The molecule has 1 aromatic heterocycles. The van der Waals surface area contributed by atoms with Gasteiger partial charge in [-0.25, -0.2) is 4.98 Å². The van der Waals surface area contributed by atoms with Crippen molar-refractivity contribution in [3.05, 3.63) is 53.6 Å². The lowest BCUT2D eigenvalue weighted by atomic mass is 10.1. The quantitative estimate of drug-likeness (QED) is 0.506. The number of amides is 1. The number of benzene rings is 2. The van der Waals surface area contributed by atoms with E-state index in [0.717, 1.165) is 27.5 Å². The number of aryl methyl sites for hydroxylation is 2. The largest absolute Gasteiger partial charge is 0.321 e. The molecular formula is C21H20F2N4OS. The van der Waals surface area contributed by atoms with Crippen LogP contribution in [-0.4, -0.2) is 27.8 Å². The van der Waals surface area contributed by atoms with E-state index in [1.807, 2.05) is 32.0 Å². The Balaban J connectivity index is 1.84. The van der Waals surface area contributed by atoms with Gasteiger partial charge >= 0.3 is 6.55 Å². The summed E-state index contributed by atoms with van der Waals surface area (Å²) in [4.78, 5) is 18.7. The Bertz CT molecular complexity index is 1050. The highest BCUT2D eigenvalue weighted by atomic mass is 32.2. The predicted octanol–water partition coefficient (Wildman–Crippen LogP) is 5.09. The number of carbonyl (C=O) groups is 1. The number of nitriles is 1. The van der Waals surface area contributed by atoms with Crippen LogP contribution >= 0.6 is 11.8 Å². The molecular weight excluding hydrogens is 394 g/mol. The van der Waals surface area contributed by atoms with Crippen molar-refractivity contribution in [1.29, 1.82) is 5.26 Å². The molecule has 3 rings (SSSR count). The average Bonchev–Trinajstić information content (AvgIpc) is 3.04. The fourth-order valence-electron chi connectivity index (χ4n) is 3.18. The second kappa shape index (κ2) is 9.05. The molecule has 0 aliphatic rings. The first-order chi connectivity index (χ1) is 13.9. The molecule has 29 heavy (non-hydrogen) atoms. The van der Waals surface area contributed by atoms with Gasteiger partial charge in [0.05, 0.1) is 29.3 Å². The number of thioether (sulfide) groups is 1. The number of hydrogen-bond acceptors (Lipinski definition) is 4. The molecule has 0 aliphatic heterocycles. The highest BCUT2D eigenvalue weighted by molar-refractivity contribution is 7.99. The monoisotopic (exact) mass is 414 g/mol. The first-order valence-corrected chi connectivity index (χ1v) is 10.0. The van der Waals surface area contributed by atoms with Crippen molar-refractivity contribution in [3.8, 4) is 6.07 Å². The van der Waals surface area contributed by atoms with Crippen LogP contribution in [0.15, 0.2) is 47.6 Å². The molecule has 3 aromatic rings. The van der Waals surface area contributed by atoms with Gasteiger partial charge in [-0.2, -0.15) is 14.0 Å². The zero-order valence-electron chi connectivity index (χ0n) is 16.1. The number of imidazole rings is 1. The first kappa shape index (κ1) is 20.8. The van der Waals surface area contributed by atoms with Crippen LogP contribution in [0.5, 0.6) is 0 Å². The van der Waals surface area contributed by atoms with E-state index in [-0.39, 0.29) is 29.8 Å². The molecule has 0 N–H and O–H groups in total. The molecule has 0 saturated carbocycles. The average molecular weight is 414 g/mol. The molecule has 5 nitrogen and oxygen atoms in total. The number of rotatable bonds is 7. The number of alkyl halides is 2. The third-order valence-corrected chi connectivity index (χ3v) is 5.29. The number of nitrogens with zero attached hydrogens (tertiary/aromatic N) is 4. The number of fused-ring (bicyclic) bond motifs is 1. The molecule has 0 atom stereocenters. The Hall–Kier alpha value is -2.92. The summed E-state index contributed by atoms with van der Waals surface area (Å²) in [5.41, 5.74) is 3.49. The van der Waals surface area contributed by atoms with Gasteiger partial charge in [-0.15, -0.1) is 0 Å². The fraction of sp³-hybridized carbons (Fsp3) is 0.286. The van der Waals surface area contributed by atoms with Crippen LogP contribution in [0, 0.1) is 25.2 Å². The summed E-state index contributed by atoms with van der Waals surface area (Å²) in [6, 6.07) is 14.4. The highest BCUT2D eigenvalue weighted by Crippen LogP contribution is 2.30. The van der Waals surface area contributed by atoms with Gasteiger partial charge in [0.15, 0.2) is 5.16 Å². The lowest BCUT2D eigenvalue weighted by Crippen LogP contribution is -2.33. The Morgan fingerprint density at radius 3 is 2.59 bits per heavy atom. The molecule has 8 heteroatoms. The predicted molar refractivity (Wildman–Crippen MR) is 110 cm³/mol. The molecule has 0 radical (unpaired) electrons. The second-order valence-corrected chi connectivity index (χ2v) is 7.56. The van der Waals surface area contributed by atoms with Gasteiger partial charge in [0.1, 0.15) is 0 Å². The van der Waals surface area contributed by atoms with E-state index in [1.54, 1.807) is 24.3 Å². The highest BCUT2D eigenvalue weighted by Gasteiger charge is 2.21. The minimum atomic E-state index is -2.76. The Morgan fingerprint density at radius 2 is 1.93 bits per heavy atom. The summed E-state index contributed by atoms with van der Waals surface area (Å²) in [6.07, 6.45) is 0.180. The summed E-state index contributed by atoms with van der Waals surface area (Å²) < 4.78 is 28.0. The minimum absolute atomic E-state index is 0.0611. The molecule has 0 unspecified atom stereocenters. The summed E-state index contributed by atoms with van der Waals surface area (Å²) in [7, 11) is 0. The second-order valence-electron chi connectivity index (χ2n) is 6.62. The van der Waals surface area contributed by atoms with E-state index in [2.05, 4.69) is 11.1 Å². The van der Waals surface area contributed by atoms with E-state index >= 15 is 0 Å². The molecule has 1 heterocycles. The van der Waals surface area contributed by atoms with Crippen molar-refractivity contribution < 1.29 is 13.6 Å². The topological polar surface area (TPSA) is 61.9 Å². The molecule has 0 fully saturated rings. The molecule has 1 amide bonds. The van der Waals surface area contributed by atoms with Gasteiger partial charge in [-0.05, 0) is 49.2 Å². The molecule has 0 saturated heterocycles. The maximum atomic E-state index is 13.6. The number of aromatic nitrogens is 2. The van der Waals surface area contributed by atoms with Crippen molar-refractivity contribution >= 4 is 34.4 Å². The summed E-state index contributed by atoms with van der Waals surface area (Å²) in [5.74, 6) is -0.322. The molecule has 0 spiro atoms. The van der Waals surface area contributed by atoms with E-state index in [4.69, 9.17) is 5.26 Å². The molecule has 0 aliphatic carbocycles. The SMILES string of the molecule is Cc1cc(C)cc(N(CCC#N)C(=O)CSc2nc3ccccc3n2C(F)F)c1. The summed E-state index contributed by atoms with van der Waals surface area (Å²) in [5, 5.41) is 9.04. The lowest BCUT2D eigenvalue weighted by molar-refractivity contribution is -0.116. The van der Waals surface area contributed by atoms with Crippen LogP contribution in [0.2, 0.25) is 0 Å². The van der Waals surface area contributed by atoms with E-state index < -0.39 is 6.55 Å². The third kappa shape index (κ3) is 4.74. The third-order valence-electron chi connectivity index (χ3n) is 4.35. The number of hydrogen-bond donors (Lipinski definition) is 0. The van der Waals surface area contributed by atoms with E-state index in [0.29, 0.717) is 16.7 Å². The lowest BCUT2D eigenvalue weighted by Gasteiger charge is -2.22. The van der Waals surface area contributed by atoms with Crippen LogP contribution < -0.4 is 4.90 Å². The normalized spacial score (nSPS) is 11.0. The maximum Gasteiger partial charge on any atom is 0.321 e. The van der Waals surface area contributed by atoms with Gasteiger partial charge in [-0.1, -0.05) is 30.0 Å². The van der Waals surface area contributed by atoms with Gasteiger partial charge in [0.25, 0.3) is 0 Å². The van der Waals surface area contributed by atoms with Crippen LogP contribution in [0.25, 0.3) is 11.0 Å². The van der Waals surface area contributed by atoms with Gasteiger partial charge in [0, 0.05) is 12.2 Å². The standard InChI is InChI=1S/C21H20F2N4OS/c1-14-10-15(2)12-16(11-14)26(9-5-8-24)19(28)13-29-21-25-17-6-3-4-7-18(17)27(21)20(22)23/h3-4,6-7,10-12,20H,5,9,13H2,1-2H3. The van der Waals surface area contributed by atoms with Crippen LogP contribution in [0.1, 0.15) is 24.1 Å².